The van der Waals surface area contributed by atoms with Crippen molar-refractivity contribution in [1.82, 2.24) is 0 Å². The van der Waals surface area contributed by atoms with Gasteiger partial charge in [-0.05, 0) is 111 Å². The van der Waals surface area contributed by atoms with Crippen LogP contribution in [0.2, 0.25) is 0 Å². The predicted octanol–water partition coefficient (Wildman–Crippen LogP) is 13.4. The molecule has 0 amide bonds. The summed E-state index contributed by atoms with van der Waals surface area (Å²) < 4.78 is 0. The number of hydrogen-bond acceptors (Lipinski definition) is 0. The van der Waals surface area contributed by atoms with Crippen LogP contribution in [0.1, 0.15) is 152 Å². The highest BCUT2D eigenvalue weighted by Crippen LogP contribution is 2.60. The van der Waals surface area contributed by atoms with E-state index >= 15 is 0 Å². The maximum atomic E-state index is 2.63. The molecule has 52 heavy (non-hydrogen) atoms. The maximum Gasteiger partial charge on any atom is -0.00945 e. The first kappa shape index (κ1) is 42.5. The first-order chi connectivity index (χ1) is 24.0. The van der Waals surface area contributed by atoms with E-state index in [2.05, 4.69) is 208 Å². The van der Waals surface area contributed by atoms with Gasteiger partial charge in [-0.1, -0.05) is 214 Å². The maximum absolute atomic E-state index is 2.63. The van der Waals surface area contributed by atoms with Crippen molar-refractivity contribution in [2.75, 3.05) is 0 Å². The molecule has 0 fully saturated rings. The van der Waals surface area contributed by atoms with Gasteiger partial charge in [0.25, 0.3) is 0 Å². The van der Waals surface area contributed by atoms with Crippen molar-refractivity contribution < 1.29 is 0 Å². The Morgan fingerprint density at radius 2 is 0.596 bits per heavy atom. The summed E-state index contributed by atoms with van der Waals surface area (Å²) in [6, 6.07) is 39.2. The van der Waals surface area contributed by atoms with Crippen LogP contribution in [-0.2, 0) is 21.7 Å². The zero-order valence-corrected chi connectivity index (χ0v) is 37.7. The summed E-state index contributed by atoms with van der Waals surface area (Å²) in [5, 5.41) is 6.03. The van der Waals surface area contributed by atoms with Gasteiger partial charge in [-0.15, -0.1) is 0 Å². The monoisotopic (exact) mass is 735 g/mol. The molecule has 0 heterocycles. The van der Waals surface area contributed by atoms with E-state index in [4.69, 9.17) is 0 Å². The molecule has 0 radical (unpaired) electrons. The highest BCUT2D eigenvalue weighted by atomic mass is 31.1. The van der Waals surface area contributed by atoms with Crippen molar-refractivity contribution in [3.63, 3.8) is 0 Å². The third-order valence-corrected chi connectivity index (χ3v) is 17.9. The molecule has 4 rings (SSSR count). The molecule has 2 atom stereocenters. The highest BCUT2D eigenvalue weighted by molar-refractivity contribution is 7.74. The fourth-order valence-corrected chi connectivity index (χ4v) is 14.7. The zero-order chi connectivity index (χ0) is 38.9. The Labute approximate surface area is 323 Å². The molecule has 0 saturated heterocycles. The van der Waals surface area contributed by atoms with Crippen LogP contribution < -0.4 is 21.2 Å². The summed E-state index contributed by atoms with van der Waals surface area (Å²) in [5.41, 5.74) is 7.27. The van der Waals surface area contributed by atoms with Crippen LogP contribution in [0.4, 0.5) is 0 Å². The quantitative estimate of drug-likeness (QED) is 0.135. The minimum Gasteiger partial charge on any atom is -0.0654 e. The van der Waals surface area contributed by atoms with Crippen molar-refractivity contribution in [2.24, 2.45) is 5.41 Å². The molecule has 2 heteroatoms. The Morgan fingerprint density at radius 3 is 0.750 bits per heavy atom. The van der Waals surface area contributed by atoms with Gasteiger partial charge in [0.05, 0.1) is 0 Å². The van der Waals surface area contributed by atoms with Crippen LogP contribution in [0.5, 0.6) is 0 Å². The normalized spacial score (nSPS) is 15.5. The molecule has 4 aromatic carbocycles. The molecule has 0 spiro atoms. The van der Waals surface area contributed by atoms with E-state index in [1.54, 1.807) is 0 Å². The third-order valence-electron chi connectivity index (χ3n) is 11.9. The Kier molecular flexibility index (Phi) is 13.3. The molecule has 4 aromatic rings. The minimum absolute atomic E-state index is 0.131. The predicted molar refractivity (Wildman–Crippen MR) is 239 cm³/mol. The average Bonchev–Trinajstić information content (AvgIpc) is 3.07. The molecule has 0 aliphatic rings. The van der Waals surface area contributed by atoms with Crippen molar-refractivity contribution in [2.45, 2.75) is 163 Å². The van der Waals surface area contributed by atoms with E-state index in [9.17, 15) is 0 Å². The Bertz CT molecular complexity index is 1460. The molecule has 0 aromatic heterocycles. The van der Waals surface area contributed by atoms with Crippen molar-refractivity contribution in [3.8, 4) is 0 Å². The van der Waals surface area contributed by atoms with Crippen molar-refractivity contribution in [3.05, 3.63) is 119 Å². The van der Waals surface area contributed by atoms with Crippen LogP contribution in [0.15, 0.2) is 97.1 Å². The summed E-state index contributed by atoms with van der Waals surface area (Å²) in [5.74, 6) is 0. The van der Waals surface area contributed by atoms with Gasteiger partial charge < -0.3 is 0 Å². The molecular formula is C50H72P2. The molecule has 2 unspecified atom stereocenters. The first-order valence-electron chi connectivity index (χ1n) is 20.0. The van der Waals surface area contributed by atoms with Gasteiger partial charge in [-0.3, -0.25) is 0 Å². The second-order valence-electron chi connectivity index (χ2n) is 19.6. The van der Waals surface area contributed by atoms with Crippen molar-refractivity contribution in [1.29, 1.82) is 0 Å². The summed E-state index contributed by atoms with van der Waals surface area (Å²) in [4.78, 5) is 0. The van der Waals surface area contributed by atoms with Gasteiger partial charge in [0, 0.05) is 0 Å². The van der Waals surface area contributed by atoms with E-state index in [0.29, 0.717) is 11.3 Å². The fourth-order valence-electron chi connectivity index (χ4n) is 8.19. The van der Waals surface area contributed by atoms with Gasteiger partial charge in [0.1, 0.15) is 0 Å². The van der Waals surface area contributed by atoms with Crippen LogP contribution in [0.25, 0.3) is 0 Å². The van der Waals surface area contributed by atoms with E-state index < -0.39 is 15.8 Å². The standard InChI is InChI=1S/C50H72P2/c1-17-35-50(18-2,36(3)51(42-27-19-38(20-28-42)46(5,6)7)43-29-21-39(22-30-43)47(8,9)10)37(4)52(44-31-23-40(24-32-44)48(11,12)13)45-33-25-41(26-34-45)49(14,15)16/h19-34,36-37H,17-18,35H2,1-16H3. The lowest BCUT2D eigenvalue weighted by molar-refractivity contribution is 0.241. The number of benzene rings is 4. The molecule has 0 bridgehead atoms. The van der Waals surface area contributed by atoms with Gasteiger partial charge >= 0.3 is 0 Å². The van der Waals surface area contributed by atoms with Gasteiger partial charge in [0.2, 0.25) is 0 Å². The molecular weight excluding hydrogens is 662 g/mol. The first-order valence-corrected chi connectivity index (χ1v) is 22.9. The van der Waals surface area contributed by atoms with Gasteiger partial charge in [-0.25, -0.2) is 0 Å². The molecule has 0 aliphatic carbocycles. The van der Waals surface area contributed by atoms with Crippen LogP contribution >= 0.6 is 15.8 Å². The Morgan fingerprint density at radius 1 is 0.385 bits per heavy atom. The van der Waals surface area contributed by atoms with Crippen LogP contribution in [0.3, 0.4) is 0 Å². The van der Waals surface area contributed by atoms with E-state index in [-0.39, 0.29) is 27.1 Å². The SMILES string of the molecule is CCCC(CC)(C(C)P(c1ccc(C(C)(C)C)cc1)c1ccc(C(C)(C)C)cc1)C(C)P(c1ccc(C(C)(C)C)cc1)c1ccc(C(C)(C)C)cc1. The van der Waals surface area contributed by atoms with Crippen LogP contribution in [-0.4, -0.2) is 11.3 Å². The second kappa shape index (κ2) is 16.2. The summed E-state index contributed by atoms with van der Waals surface area (Å²) in [6.45, 7) is 38.1. The Hall–Kier alpha value is -2.26. The average molecular weight is 735 g/mol. The molecule has 0 nitrogen and oxygen atoms in total. The summed E-state index contributed by atoms with van der Waals surface area (Å²) in [7, 11) is -1.28. The van der Waals surface area contributed by atoms with Crippen LogP contribution in [0, 0.1) is 5.41 Å². The van der Waals surface area contributed by atoms with Gasteiger partial charge in [0.15, 0.2) is 0 Å². The lowest BCUT2D eigenvalue weighted by Crippen LogP contribution is -2.45. The molecule has 0 saturated carbocycles. The topological polar surface area (TPSA) is 0 Å². The molecule has 0 aliphatic heterocycles. The summed E-state index contributed by atoms with van der Waals surface area (Å²) in [6.07, 6.45) is 3.58. The zero-order valence-electron chi connectivity index (χ0n) is 35.9. The van der Waals surface area contributed by atoms with E-state index in [1.165, 1.54) is 62.7 Å². The smallest absolute Gasteiger partial charge is 0.00945 e. The van der Waals surface area contributed by atoms with E-state index in [0.717, 1.165) is 0 Å². The lowest BCUT2D eigenvalue weighted by Gasteiger charge is -2.50. The molecule has 282 valence electrons. The lowest BCUT2D eigenvalue weighted by atomic mass is 9.75. The van der Waals surface area contributed by atoms with E-state index in [1.807, 2.05) is 0 Å². The van der Waals surface area contributed by atoms with Gasteiger partial charge in [-0.2, -0.15) is 0 Å². The Balaban J connectivity index is 1.94. The number of rotatable bonds is 11. The van der Waals surface area contributed by atoms with Crippen molar-refractivity contribution >= 4 is 37.1 Å². The molecule has 0 N–H and O–H groups in total. The third kappa shape index (κ3) is 9.51. The highest BCUT2D eigenvalue weighted by Gasteiger charge is 2.46. The largest absolute Gasteiger partial charge is 0.0654 e. The summed E-state index contributed by atoms with van der Waals surface area (Å²) >= 11 is 0. The number of hydrogen-bond donors (Lipinski definition) is 0. The second-order valence-corrected chi connectivity index (χ2v) is 24.7. The minimum atomic E-state index is -0.640. The fraction of sp³-hybridized carbons (Fsp3) is 0.520.